The van der Waals surface area contributed by atoms with Crippen molar-refractivity contribution in [3.63, 3.8) is 0 Å². The number of hydrogen-bond donors (Lipinski definition) is 0. The van der Waals surface area contributed by atoms with Crippen LogP contribution < -0.4 is 0 Å². The van der Waals surface area contributed by atoms with E-state index < -0.39 is 26.7 Å². The van der Waals surface area contributed by atoms with Crippen molar-refractivity contribution in [1.82, 2.24) is 0 Å². The Kier molecular flexibility index (Phi) is 15.0. The van der Waals surface area contributed by atoms with Gasteiger partial charge in [0.05, 0.1) is 0 Å². The van der Waals surface area contributed by atoms with Gasteiger partial charge in [-0.2, -0.15) is 0 Å². The Morgan fingerprint density at radius 1 is 0.778 bits per heavy atom. The van der Waals surface area contributed by atoms with Crippen molar-refractivity contribution >= 4 is 26.7 Å². The maximum atomic E-state index is 6.70. The summed E-state index contributed by atoms with van der Waals surface area (Å²) in [6, 6.07) is 0. The van der Waals surface area contributed by atoms with E-state index in [-0.39, 0.29) is 5.60 Å². The Labute approximate surface area is 178 Å². The molecule has 162 valence electrons. The number of hydrogen-bond acceptors (Lipinski definition) is 1. The second-order valence-corrected chi connectivity index (χ2v) is 27.5. The molecule has 0 radical (unpaired) electrons. The SMILES string of the molecule is CCCC[C@@](C)(C/C=[CH]/[Sn]([CH2]CCC)([CH2]CCC)[CH2]CCC)O[Si](C)(C)C. The number of rotatable bonds is 17. The molecule has 27 heavy (non-hydrogen) atoms. The fourth-order valence-corrected chi connectivity index (χ4v) is 20.3. The van der Waals surface area contributed by atoms with Gasteiger partial charge in [0.25, 0.3) is 0 Å². The summed E-state index contributed by atoms with van der Waals surface area (Å²) in [4.78, 5) is 0. The van der Waals surface area contributed by atoms with Gasteiger partial charge in [-0.15, -0.1) is 0 Å². The van der Waals surface area contributed by atoms with Gasteiger partial charge in [-0.1, -0.05) is 0 Å². The quantitative estimate of drug-likeness (QED) is 0.180. The van der Waals surface area contributed by atoms with Crippen molar-refractivity contribution in [3.05, 3.63) is 10.2 Å². The summed E-state index contributed by atoms with van der Waals surface area (Å²) >= 11 is -2.14. The van der Waals surface area contributed by atoms with Crippen molar-refractivity contribution in [2.45, 2.75) is 137 Å². The molecule has 0 unspecified atom stereocenters. The summed E-state index contributed by atoms with van der Waals surface area (Å²) in [5.41, 5.74) is 0.0505. The predicted molar refractivity (Wildman–Crippen MR) is 131 cm³/mol. The molecule has 0 aromatic carbocycles. The molecule has 0 bridgehead atoms. The van der Waals surface area contributed by atoms with E-state index in [1.807, 2.05) is 0 Å². The van der Waals surface area contributed by atoms with Crippen LogP contribution in [0.2, 0.25) is 33.0 Å². The average Bonchev–Trinajstić information content (AvgIpc) is 2.59. The molecule has 0 amide bonds. The van der Waals surface area contributed by atoms with Gasteiger partial charge in [0.1, 0.15) is 0 Å². The van der Waals surface area contributed by atoms with Crippen molar-refractivity contribution in [2.75, 3.05) is 0 Å². The third kappa shape index (κ3) is 13.5. The Morgan fingerprint density at radius 2 is 1.22 bits per heavy atom. The first-order chi connectivity index (χ1) is 12.7. The molecule has 1 atom stereocenters. The molecule has 1 nitrogen and oxygen atoms in total. The molecule has 0 heterocycles. The molecule has 0 saturated carbocycles. The molecule has 0 aromatic heterocycles. The summed E-state index contributed by atoms with van der Waals surface area (Å²) in [6.45, 7) is 18.8. The molecular formula is C24H52OSiSn. The zero-order valence-electron chi connectivity index (χ0n) is 20.3. The molecule has 0 fully saturated rings. The molecular weight excluding hydrogens is 451 g/mol. The summed E-state index contributed by atoms with van der Waals surface area (Å²) in [6.07, 6.45) is 15.9. The first-order valence-corrected chi connectivity index (χ1v) is 23.1. The van der Waals surface area contributed by atoms with E-state index in [2.05, 4.69) is 64.4 Å². The summed E-state index contributed by atoms with van der Waals surface area (Å²) in [7, 11) is -1.52. The third-order valence-electron chi connectivity index (χ3n) is 5.72. The predicted octanol–water partition coefficient (Wildman–Crippen LogP) is 9.12. The van der Waals surface area contributed by atoms with Crippen LogP contribution in [0.15, 0.2) is 10.2 Å². The Morgan fingerprint density at radius 3 is 1.59 bits per heavy atom. The van der Waals surface area contributed by atoms with Crippen LogP contribution in [0, 0.1) is 0 Å². The van der Waals surface area contributed by atoms with E-state index in [4.69, 9.17) is 4.43 Å². The van der Waals surface area contributed by atoms with Crippen LogP contribution in [-0.4, -0.2) is 32.3 Å². The van der Waals surface area contributed by atoms with Gasteiger partial charge in [-0.25, -0.2) is 0 Å². The van der Waals surface area contributed by atoms with Crippen molar-refractivity contribution in [3.8, 4) is 0 Å². The van der Waals surface area contributed by atoms with Gasteiger partial charge in [-0.3, -0.25) is 0 Å². The van der Waals surface area contributed by atoms with Crippen LogP contribution in [0.5, 0.6) is 0 Å². The van der Waals surface area contributed by atoms with Crippen LogP contribution >= 0.6 is 0 Å². The average molecular weight is 503 g/mol. The minimum atomic E-state index is -2.14. The Hall–Kier alpha value is 0.716. The monoisotopic (exact) mass is 504 g/mol. The normalized spacial score (nSPS) is 15.4. The fraction of sp³-hybridized carbons (Fsp3) is 0.917. The maximum absolute atomic E-state index is 6.70. The molecule has 0 N–H and O–H groups in total. The van der Waals surface area contributed by atoms with Crippen LogP contribution in [0.3, 0.4) is 0 Å². The van der Waals surface area contributed by atoms with E-state index in [0.29, 0.717) is 0 Å². The minimum absolute atomic E-state index is 0.0505. The van der Waals surface area contributed by atoms with E-state index in [0.717, 1.165) is 6.42 Å². The van der Waals surface area contributed by atoms with Gasteiger partial charge >= 0.3 is 179 Å². The molecule has 0 saturated heterocycles. The second-order valence-electron chi connectivity index (χ2n) is 10.0. The van der Waals surface area contributed by atoms with Crippen molar-refractivity contribution in [2.24, 2.45) is 0 Å². The first kappa shape index (κ1) is 27.7. The van der Waals surface area contributed by atoms with Gasteiger partial charge in [0.15, 0.2) is 0 Å². The molecule has 0 aliphatic rings. The molecule has 0 rings (SSSR count). The summed E-state index contributed by atoms with van der Waals surface area (Å²) in [5.74, 6) is 0. The van der Waals surface area contributed by atoms with Gasteiger partial charge < -0.3 is 0 Å². The third-order valence-corrected chi connectivity index (χ3v) is 21.1. The summed E-state index contributed by atoms with van der Waals surface area (Å²) < 4.78 is 14.3. The van der Waals surface area contributed by atoms with E-state index in [1.165, 1.54) is 57.8 Å². The van der Waals surface area contributed by atoms with Crippen LogP contribution in [0.1, 0.15) is 98.8 Å². The molecule has 0 spiro atoms. The van der Waals surface area contributed by atoms with Crippen molar-refractivity contribution < 1.29 is 4.43 Å². The van der Waals surface area contributed by atoms with Gasteiger partial charge in [0, 0.05) is 0 Å². The zero-order valence-corrected chi connectivity index (χ0v) is 24.1. The van der Waals surface area contributed by atoms with E-state index in [9.17, 15) is 0 Å². The number of unbranched alkanes of at least 4 members (excludes halogenated alkanes) is 4. The molecule has 0 aliphatic carbocycles. The first-order valence-electron chi connectivity index (χ1n) is 12.0. The topological polar surface area (TPSA) is 9.23 Å². The van der Waals surface area contributed by atoms with E-state index in [1.54, 1.807) is 13.3 Å². The Balaban J connectivity index is 5.32. The van der Waals surface area contributed by atoms with Crippen LogP contribution in [0.25, 0.3) is 0 Å². The van der Waals surface area contributed by atoms with Crippen LogP contribution in [0.4, 0.5) is 0 Å². The summed E-state index contributed by atoms with van der Waals surface area (Å²) in [5, 5.41) is 0. The van der Waals surface area contributed by atoms with E-state index >= 15 is 0 Å². The molecule has 0 aliphatic heterocycles. The molecule has 0 aromatic rings. The fourth-order valence-electron chi connectivity index (χ4n) is 4.25. The zero-order chi connectivity index (χ0) is 20.8. The van der Waals surface area contributed by atoms with Crippen LogP contribution in [-0.2, 0) is 4.43 Å². The van der Waals surface area contributed by atoms with Crippen molar-refractivity contribution in [1.29, 1.82) is 0 Å². The Bertz CT molecular complexity index is 367. The van der Waals surface area contributed by atoms with Gasteiger partial charge in [0.2, 0.25) is 0 Å². The second kappa shape index (κ2) is 14.7. The van der Waals surface area contributed by atoms with Gasteiger partial charge in [-0.05, 0) is 0 Å². The molecule has 3 heteroatoms. The standard InChI is InChI=1S/C12H25OSi.3C4H9.Sn/c1-7-9-11-12(3,10-8-2)13-14(4,5)6;3*1-3-4-2;/h2,8H,7,9-11H2,1,3-6H3;3*1,3-4H2,2H3;/t12-;;;;/m1..../s1.